The standard InChI is InChI=1S/C14H17BrN4OS/c1-2-19(7-9-5-6-10(15)21-9)14(20)13-11(16)12(17-18-13)8-3-4-8/h5-6,8H,2-4,7,16H2,1H3,(H,17,18). The maximum absolute atomic E-state index is 12.6. The number of H-pyrrole nitrogens is 1. The molecule has 2 aromatic rings. The highest BCUT2D eigenvalue weighted by atomic mass is 79.9. The van der Waals surface area contributed by atoms with E-state index in [1.165, 1.54) is 0 Å². The van der Waals surface area contributed by atoms with Crippen molar-refractivity contribution in [1.82, 2.24) is 15.1 Å². The van der Waals surface area contributed by atoms with E-state index in [2.05, 4.69) is 26.1 Å². The number of anilines is 1. The lowest BCUT2D eigenvalue weighted by atomic mass is 10.2. The Bertz CT molecular complexity index is 662. The Kier molecular flexibility index (Phi) is 4.03. The molecule has 112 valence electrons. The number of rotatable bonds is 5. The zero-order valence-electron chi connectivity index (χ0n) is 11.7. The Hall–Kier alpha value is -1.34. The summed E-state index contributed by atoms with van der Waals surface area (Å²) >= 11 is 5.07. The maximum atomic E-state index is 12.6. The van der Waals surface area contributed by atoms with Crippen LogP contribution in [0.4, 0.5) is 5.69 Å². The maximum Gasteiger partial charge on any atom is 0.276 e. The fourth-order valence-electron chi connectivity index (χ4n) is 2.31. The summed E-state index contributed by atoms with van der Waals surface area (Å²) in [6.45, 7) is 3.17. The monoisotopic (exact) mass is 368 g/mol. The van der Waals surface area contributed by atoms with Crippen LogP contribution in [0.25, 0.3) is 0 Å². The highest BCUT2D eigenvalue weighted by Gasteiger charge is 2.31. The molecule has 7 heteroatoms. The number of aromatic amines is 1. The summed E-state index contributed by atoms with van der Waals surface area (Å²) in [4.78, 5) is 15.5. The average molecular weight is 369 g/mol. The predicted octanol–water partition coefficient (Wildman–Crippen LogP) is 3.36. The molecule has 21 heavy (non-hydrogen) atoms. The molecule has 1 aliphatic rings. The number of hydrogen-bond acceptors (Lipinski definition) is 4. The summed E-state index contributed by atoms with van der Waals surface area (Å²) in [5.74, 6) is 0.352. The Morgan fingerprint density at radius 3 is 2.90 bits per heavy atom. The van der Waals surface area contributed by atoms with Crippen molar-refractivity contribution in [2.45, 2.75) is 32.2 Å². The molecule has 0 unspecified atom stereocenters. The second kappa shape index (κ2) is 5.81. The summed E-state index contributed by atoms with van der Waals surface area (Å²) in [7, 11) is 0. The van der Waals surface area contributed by atoms with Gasteiger partial charge in [0, 0.05) is 17.3 Å². The van der Waals surface area contributed by atoms with Gasteiger partial charge in [-0.25, -0.2) is 0 Å². The number of nitrogen functional groups attached to an aromatic ring is 1. The van der Waals surface area contributed by atoms with Gasteiger partial charge in [-0.2, -0.15) is 5.10 Å². The molecule has 0 aromatic carbocycles. The third-order valence-electron chi connectivity index (χ3n) is 3.67. The fraction of sp³-hybridized carbons (Fsp3) is 0.429. The van der Waals surface area contributed by atoms with Crippen LogP contribution in [0, 0.1) is 0 Å². The van der Waals surface area contributed by atoms with Crippen LogP contribution >= 0.6 is 27.3 Å². The number of halogens is 1. The van der Waals surface area contributed by atoms with Gasteiger partial charge in [0.05, 0.1) is 21.7 Å². The molecule has 0 bridgehead atoms. The Balaban J connectivity index is 1.78. The van der Waals surface area contributed by atoms with Gasteiger partial charge in [0.2, 0.25) is 0 Å². The van der Waals surface area contributed by atoms with Gasteiger partial charge in [-0.1, -0.05) is 0 Å². The lowest BCUT2D eigenvalue weighted by Gasteiger charge is -2.19. The Labute approximate surface area is 135 Å². The summed E-state index contributed by atoms with van der Waals surface area (Å²) in [6, 6.07) is 4.01. The lowest BCUT2D eigenvalue weighted by Crippen LogP contribution is -2.30. The average Bonchev–Trinajstić information content (AvgIpc) is 3.12. The topological polar surface area (TPSA) is 75.0 Å². The molecule has 0 atom stereocenters. The van der Waals surface area contributed by atoms with Crippen molar-refractivity contribution in [3.8, 4) is 0 Å². The first kappa shape index (κ1) is 14.6. The molecule has 0 radical (unpaired) electrons. The fourth-order valence-corrected chi connectivity index (χ4v) is 3.81. The predicted molar refractivity (Wildman–Crippen MR) is 87.4 cm³/mol. The van der Waals surface area contributed by atoms with Gasteiger partial charge >= 0.3 is 0 Å². The molecule has 1 aliphatic carbocycles. The minimum Gasteiger partial charge on any atom is -0.395 e. The quantitative estimate of drug-likeness (QED) is 0.849. The molecule has 0 aliphatic heterocycles. The molecular formula is C14H17BrN4OS. The van der Waals surface area contributed by atoms with E-state index in [0.29, 0.717) is 30.4 Å². The first-order valence-corrected chi connectivity index (χ1v) is 8.58. The summed E-state index contributed by atoms with van der Waals surface area (Å²) in [5.41, 5.74) is 7.89. The number of carbonyl (C=O) groups is 1. The van der Waals surface area contributed by atoms with Crippen LogP contribution in [0.3, 0.4) is 0 Å². The molecule has 2 aromatic heterocycles. The van der Waals surface area contributed by atoms with Gasteiger partial charge in [0.25, 0.3) is 5.91 Å². The van der Waals surface area contributed by atoms with Gasteiger partial charge in [-0.15, -0.1) is 11.3 Å². The minimum absolute atomic E-state index is 0.109. The van der Waals surface area contributed by atoms with E-state index in [1.807, 2.05) is 19.1 Å². The first-order chi connectivity index (χ1) is 10.1. The van der Waals surface area contributed by atoms with Crippen molar-refractivity contribution in [3.63, 3.8) is 0 Å². The molecule has 3 N–H and O–H groups in total. The molecule has 5 nitrogen and oxygen atoms in total. The van der Waals surface area contributed by atoms with Crippen molar-refractivity contribution in [2.24, 2.45) is 0 Å². The van der Waals surface area contributed by atoms with Gasteiger partial charge in [-0.3, -0.25) is 9.89 Å². The third kappa shape index (κ3) is 2.98. The summed E-state index contributed by atoms with van der Waals surface area (Å²) < 4.78 is 1.07. The smallest absolute Gasteiger partial charge is 0.276 e. The van der Waals surface area contributed by atoms with E-state index in [-0.39, 0.29) is 5.91 Å². The van der Waals surface area contributed by atoms with Gasteiger partial charge in [0.1, 0.15) is 0 Å². The normalized spacial score (nSPS) is 14.4. The zero-order valence-corrected chi connectivity index (χ0v) is 14.1. The second-order valence-corrected chi connectivity index (χ2v) is 7.75. The van der Waals surface area contributed by atoms with Crippen molar-refractivity contribution >= 4 is 38.9 Å². The molecule has 1 amide bonds. The van der Waals surface area contributed by atoms with Crippen LogP contribution in [0.1, 0.15) is 46.7 Å². The van der Waals surface area contributed by atoms with Crippen molar-refractivity contribution < 1.29 is 4.79 Å². The van der Waals surface area contributed by atoms with Gasteiger partial charge < -0.3 is 10.6 Å². The van der Waals surface area contributed by atoms with E-state index in [9.17, 15) is 4.79 Å². The molecule has 3 rings (SSSR count). The van der Waals surface area contributed by atoms with Crippen LogP contribution in [0.5, 0.6) is 0 Å². The number of hydrogen-bond donors (Lipinski definition) is 2. The molecule has 1 fully saturated rings. The lowest BCUT2D eigenvalue weighted by molar-refractivity contribution is 0.0749. The molecular weight excluding hydrogens is 352 g/mol. The van der Waals surface area contributed by atoms with E-state index in [1.54, 1.807) is 16.2 Å². The van der Waals surface area contributed by atoms with Crippen LogP contribution in [0.2, 0.25) is 0 Å². The highest BCUT2D eigenvalue weighted by molar-refractivity contribution is 9.11. The number of nitrogens with zero attached hydrogens (tertiary/aromatic N) is 2. The molecule has 0 spiro atoms. The second-order valence-electron chi connectivity index (χ2n) is 5.20. The number of nitrogens with two attached hydrogens (primary N) is 1. The van der Waals surface area contributed by atoms with E-state index < -0.39 is 0 Å². The van der Waals surface area contributed by atoms with E-state index >= 15 is 0 Å². The van der Waals surface area contributed by atoms with Gasteiger partial charge in [0.15, 0.2) is 5.69 Å². The van der Waals surface area contributed by atoms with E-state index in [0.717, 1.165) is 27.2 Å². The van der Waals surface area contributed by atoms with Crippen molar-refractivity contribution in [3.05, 3.63) is 32.2 Å². The third-order valence-corrected chi connectivity index (χ3v) is 5.27. The van der Waals surface area contributed by atoms with Gasteiger partial charge in [-0.05, 0) is 47.8 Å². The molecule has 1 saturated carbocycles. The van der Waals surface area contributed by atoms with E-state index in [4.69, 9.17) is 5.73 Å². The van der Waals surface area contributed by atoms with Crippen LogP contribution in [0.15, 0.2) is 15.9 Å². The van der Waals surface area contributed by atoms with Crippen molar-refractivity contribution in [2.75, 3.05) is 12.3 Å². The Morgan fingerprint density at radius 1 is 1.57 bits per heavy atom. The Morgan fingerprint density at radius 2 is 2.33 bits per heavy atom. The summed E-state index contributed by atoms with van der Waals surface area (Å²) in [6.07, 6.45) is 2.25. The SMILES string of the molecule is CCN(Cc1ccc(Br)s1)C(=O)c1n[nH]c(C2CC2)c1N. The van der Waals surface area contributed by atoms with Crippen molar-refractivity contribution in [1.29, 1.82) is 0 Å². The van der Waals surface area contributed by atoms with Crippen LogP contribution < -0.4 is 5.73 Å². The minimum atomic E-state index is -0.109. The number of carbonyl (C=O) groups excluding carboxylic acids is 1. The number of aromatic nitrogens is 2. The molecule has 2 heterocycles. The van der Waals surface area contributed by atoms with Crippen LogP contribution in [-0.2, 0) is 6.54 Å². The number of amides is 1. The highest BCUT2D eigenvalue weighted by Crippen LogP contribution is 2.42. The largest absolute Gasteiger partial charge is 0.395 e. The number of thiophene rings is 1. The van der Waals surface area contributed by atoms with Crippen LogP contribution in [-0.4, -0.2) is 27.5 Å². The molecule has 0 saturated heterocycles. The zero-order chi connectivity index (χ0) is 15.0. The summed E-state index contributed by atoms with van der Waals surface area (Å²) in [5, 5.41) is 7.08. The first-order valence-electron chi connectivity index (χ1n) is 6.97. The number of nitrogens with one attached hydrogen (secondary N) is 1.